The lowest BCUT2D eigenvalue weighted by Crippen LogP contribution is -2.34. The molecule has 0 radical (unpaired) electrons. The molecule has 5 nitrogen and oxygen atoms in total. The van der Waals surface area contributed by atoms with Gasteiger partial charge in [-0.25, -0.2) is 4.79 Å². The van der Waals surface area contributed by atoms with Crippen molar-refractivity contribution in [1.82, 2.24) is 4.90 Å². The molecule has 5 heteroatoms. The predicted molar refractivity (Wildman–Crippen MR) is 125 cm³/mol. The molecule has 0 aliphatic rings. The Balaban J connectivity index is 1.77. The molecule has 3 aromatic rings. The van der Waals surface area contributed by atoms with Crippen LogP contribution in [0, 0.1) is 6.92 Å². The molecule has 0 fully saturated rings. The van der Waals surface area contributed by atoms with Crippen LogP contribution in [0.4, 0.5) is 0 Å². The van der Waals surface area contributed by atoms with Crippen molar-refractivity contribution in [2.75, 3.05) is 6.61 Å². The van der Waals surface area contributed by atoms with Crippen LogP contribution in [0.2, 0.25) is 0 Å². The zero-order valence-corrected chi connectivity index (χ0v) is 18.7. The summed E-state index contributed by atoms with van der Waals surface area (Å²) in [5, 5.41) is 9.41. The Morgan fingerprint density at radius 3 is 2.12 bits per heavy atom. The van der Waals surface area contributed by atoms with Gasteiger partial charge in [-0.1, -0.05) is 74.5 Å². The van der Waals surface area contributed by atoms with E-state index in [-0.39, 0.29) is 23.8 Å². The van der Waals surface area contributed by atoms with Crippen LogP contribution in [0.15, 0.2) is 72.8 Å². The first-order chi connectivity index (χ1) is 15.3. The van der Waals surface area contributed by atoms with Crippen molar-refractivity contribution in [3.63, 3.8) is 0 Å². The molecule has 0 unspecified atom stereocenters. The van der Waals surface area contributed by atoms with Gasteiger partial charge in [-0.15, -0.1) is 0 Å². The molecule has 32 heavy (non-hydrogen) atoms. The minimum atomic E-state index is -1.08. The molecule has 0 heterocycles. The molecule has 166 valence electrons. The minimum Gasteiger partial charge on any atom is -0.483 e. The maximum Gasteiger partial charge on any atom is 0.339 e. The molecule has 0 spiro atoms. The van der Waals surface area contributed by atoms with Crippen molar-refractivity contribution in [3.05, 3.63) is 101 Å². The summed E-state index contributed by atoms with van der Waals surface area (Å²) in [7, 11) is 0. The number of nitrogens with zero attached hydrogens (tertiary/aromatic N) is 1. The highest BCUT2D eigenvalue weighted by atomic mass is 16.5. The molecule has 1 amide bonds. The Kier molecular flexibility index (Phi) is 7.66. The highest BCUT2D eigenvalue weighted by Gasteiger charge is 2.18. The Labute approximate surface area is 189 Å². The number of hydrogen-bond acceptors (Lipinski definition) is 3. The average molecular weight is 432 g/mol. The van der Waals surface area contributed by atoms with Crippen LogP contribution in [0.1, 0.15) is 52.4 Å². The summed E-state index contributed by atoms with van der Waals surface area (Å²) in [6.45, 7) is 6.79. The lowest BCUT2D eigenvalue weighted by Gasteiger charge is -2.24. The SMILES string of the molecule is Cc1ccc(C(=O)O)c(OCC(=O)N(Cc2ccccc2)Cc2ccc(C(C)C)cc2)c1. The van der Waals surface area contributed by atoms with Crippen LogP contribution in [-0.4, -0.2) is 28.5 Å². The lowest BCUT2D eigenvalue weighted by molar-refractivity contribution is -0.134. The first-order valence-corrected chi connectivity index (χ1v) is 10.7. The second-order valence-corrected chi connectivity index (χ2v) is 8.23. The quantitative estimate of drug-likeness (QED) is 0.491. The number of aromatic carboxylic acids is 1. The molecule has 3 rings (SSSR count). The van der Waals surface area contributed by atoms with Gasteiger partial charge in [0.25, 0.3) is 5.91 Å². The van der Waals surface area contributed by atoms with E-state index in [0.29, 0.717) is 19.0 Å². The number of hydrogen-bond donors (Lipinski definition) is 1. The second-order valence-electron chi connectivity index (χ2n) is 8.23. The van der Waals surface area contributed by atoms with Gasteiger partial charge in [0, 0.05) is 13.1 Å². The average Bonchev–Trinajstić information content (AvgIpc) is 2.78. The summed E-state index contributed by atoms with van der Waals surface area (Å²) >= 11 is 0. The van der Waals surface area contributed by atoms with Crippen LogP contribution in [0.3, 0.4) is 0 Å². The molecule has 0 saturated carbocycles. The van der Waals surface area contributed by atoms with E-state index in [0.717, 1.165) is 16.7 Å². The summed E-state index contributed by atoms with van der Waals surface area (Å²) in [4.78, 5) is 26.3. The van der Waals surface area contributed by atoms with Gasteiger partial charge < -0.3 is 14.7 Å². The number of carboxylic acids is 1. The minimum absolute atomic E-state index is 0.0438. The van der Waals surface area contributed by atoms with E-state index in [9.17, 15) is 14.7 Å². The monoisotopic (exact) mass is 431 g/mol. The summed E-state index contributed by atoms with van der Waals surface area (Å²) in [6, 6.07) is 22.9. The Morgan fingerprint density at radius 2 is 1.53 bits per heavy atom. The van der Waals surface area contributed by atoms with Crippen LogP contribution < -0.4 is 4.74 Å². The normalized spacial score (nSPS) is 10.8. The van der Waals surface area contributed by atoms with E-state index in [1.165, 1.54) is 11.6 Å². The van der Waals surface area contributed by atoms with Crippen LogP contribution in [0.25, 0.3) is 0 Å². The molecule has 0 aromatic heterocycles. The van der Waals surface area contributed by atoms with E-state index in [2.05, 4.69) is 26.0 Å². The third kappa shape index (κ3) is 6.20. The van der Waals surface area contributed by atoms with E-state index in [1.54, 1.807) is 17.0 Å². The molecule has 0 aliphatic heterocycles. The van der Waals surface area contributed by atoms with Crippen LogP contribution in [0.5, 0.6) is 5.75 Å². The summed E-state index contributed by atoms with van der Waals surface area (Å²) < 4.78 is 5.68. The number of carboxylic acid groups (broad SMARTS) is 1. The number of carbonyl (C=O) groups excluding carboxylic acids is 1. The third-order valence-corrected chi connectivity index (χ3v) is 5.31. The van der Waals surface area contributed by atoms with Crippen molar-refractivity contribution in [2.24, 2.45) is 0 Å². The van der Waals surface area contributed by atoms with Gasteiger partial charge >= 0.3 is 5.97 Å². The maximum absolute atomic E-state index is 13.1. The van der Waals surface area contributed by atoms with Gasteiger partial charge in [0.05, 0.1) is 0 Å². The number of benzene rings is 3. The number of amides is 1. The molecule has 1 N–H and O–H groups in total. The van der Waals surface area contributed by atoms with Gasteiger partial charge in [-0.05, 0) is 47.2 Å². The van der Waals surface area contributed by atoms with Crippen molar-refractivity contribution in [1.29, 1.82) is 0 Å². The van der Waals surface area contributed by atoms with Crippen LogP contribution in [-0.2, 0) is 17.9 Å². The highest BCUT2D eigenvalue weighted by molar-refractivity contribution is 5.91. The highest BCUT2D eigenvalue weighted by Crippen LogP contribution is 2.21. The number of rotatable bonds is 9. The van der Waals surface area contributed by atoms with Crippen molar-refractivity contribution >= 4 is 11.9 Å². The lowest BCUT2D eigenvalue weighted by atomic mass is 10.0. The fraction of sp³-hybridized carbons (Fsp3) is 0.259. The molecule has 3 aromatic carbocycles. The van der Waals surface area contributed by atoms with Gasteiger partial charge in [0.2, 0.25) is 0 Å². The Hall–Kier alpha value is -3.60. The zero-order chi connectivity index (χ0) is 23.1. The van der Waals surface area contributed by atoms with Crippen molar-refractivity contribution in [3.8, 4) is 5.75 Å². The number of aryl methyl sites for hydroxylation is 1. The predicted octanol–water partition coefficient (Wildman–Crippen LogP) is 5.42. The van der Waals surface area contributed by atoms with Gasteiger partial charge in [-0.3, -0.25) is 4.79 Å². The van der Waals surface area contributed by atoms with Crippen molar-refractivity contribution < 1.29 is 19.4 Å². The van der Waals surface area contributed by atoms with E-state index >= 15 is 0 Å². The number of carbonyl (C=O) groups is 2. The topological polar surface area (TPSA) is 66.8 Å². The van der Waals surface area contributed by atoms with Crippen LogP contribution >= 0.6 is 0 Å². The smallest absolute Gasteiger partial charge is 0.339 e. The largest absolute Gasteiger partial charge is 0.483 e. The summed E-state index contributed by atoms with van der Waals surface area (Å²) in [6.07, 6.45) is 0. The number of ether oxygens (including phenoxy) is 1. The standard InChI is InChI=1S/C27H29NO4/c1-19(2)23-12-10-22(11-13-23)17-28(16-21-7-5-4-6-8-21)26(29)18-32-25-15-20(3)9-14-24(25)27(30)31/h4-15,19H,16-18H2,1-3H3,(H,30,31). The van der Waals surface area contributed by atoms with E-state index in [1.807, 2.05) is 49.4 Å². The molecule has 0 aliphatic carbocycles. The maximum atomic E-state index is 13.1. The molecule has 0 bridgehead atoms. The van der Waals surface area contributed by atoms with Gasteiger partial charge in [0.15, 0.2) is 6.61 Å². The Bertz CT molecular complexity index is 1060. The zero-order valence-electron chi connectivity index (χ0n) is 18.7. The molecule has 0 saturated heterocycles. The molecular formula is C27H29NO4. The summed E-state index contributed by atoms with van der Waals surface area (Å²) in [5.74, 6) is -0.650. The van der Waals surface area contributed by atoms with Crippen molar-refractivity contribution in [2.45, 2.75) is 39.8 Å². The molecule has 0 atom stereocenters. The second kappa shape index (κ2) is 10.6. The third-order valence-electron chi connectivity index (χ3n) is 5.31. The Morgan fingerprint density at radius 1 is 0.906 bits per heavy atom. The first kappa shape index (κ1) is 23.1. The first-order valence-electron chi connectivity index (χ1n) is 10.7. The van der Waals surface area contributed by atoms with Gasteiger partial charge in [-0.2, -0.15) is 0 Å². The molecular weight excluding hydrogens is 402 g/mol. The fourth-order valence-corrected chi connectivity index (χ4v) is 3.42. The fourth-order valence-electron chi connectivity index (χ4n) is 3.42. The van der Waals surface area contributed by atoms with Gasteiger partial charge in [0.1, 0.15) is 11.3 Å². The summed E-state index contributed by atoms with van der Waals surface area (Å²) in [5.41, 5.74) is 4.20. The van der Waals surface area contributed by atoms with E-state index < -0.39 is 5.97 Å². The van der Waals surface area contributed by atoms with E-state index in [4.69, 9.17) is 4.74 Å².